The van der Waals surface area contributed by atoms with Gasteiger partial charge in [-0.1, -0.05) is 6.92 Å². The standard InChI is InChI=1S/C10H14N4S2/c1-3-4-8-12-13-10(15)14(8)5-9-11-7(2)6-16-9/h6H,3-5H2,1-2H3,(H,13,15). The topological polar surface area (TPSA) is 46.5 Å². The number of nitrogens with zero attached hydrogens (tertiary/aromatic N) is 3. The van der Waals surface area contributed by atoms with Gasteiger partial charge in [0, 0.05) is 17.5 Å². The molecule has 0 saturated carbocycles. The Morgan fingerprint density at radius 3 is 3.00 bits per heavy atom. The maximum atomic E-state index is 5.21. The van der Waals surface area contributed by atoms with Crippen LogP contribution in [0, 0.1) is 11.7 Å². The van der Waals surface area contributed by atoms with E-state index in [0.717, 1.165) is 35.9 Å². The molecule has 0 aliphatic heterocycles. The van der Waals surface area contributed by atoms with Gasteiger partial charge in [0.2, 0.25) is 0 Å². The van der Waals surface area contributed by atoms with Crippen molar-refractivity contribution in [3.05, 3.63) is 26.7 Å². The van der Waals surface area contributed by atoms with Crippen LogP contribution in [-0.4, -0.2) is 19.7 Å². The number of H-pyrrole nitrogens is 1. The number of aromatic amines is 1. The van der Waals surface area contributed by atoms with Crippen LogP contribution in [-0.2, 0) is 13.0 Å². The Bertz CT molecular complexity index is 523. The average Bonchev–Trinajstić information content (AvgIpc) is 2.79. The molecule has 2 aromatic heterocycles. The first-order valence-electron chi connectivity index (χ1n) is 5.25. The minimum absolute atomic E-state index is 0.677. The Kier molecular flexibility index (Phi) is 3.50. The maximum Gasteiger partial charge on any atom is 0.195 e. The van der Waals surface area contributed by atoms with Crippen LogP contribution in [0.25, 0.3) is 0 Å². The number of aromatic nitrogens is 4. The zero-order valence-corrected chi connectivity index (χ0v) is 11.0. The van der Waals surface area contributed by atoms with Crippen LogP contribution < -0.4 is 0 Å². The van der Waals surface area contributed by atoms with E-state index < -0.39 is 0 Å². The molecular weight excluding hydrogens is 240 g/mol. The van der Waals surface area contributed by atoms with E-state index in [-0.39, 0.29) is 0 Å². The highest BCUT2D eigenvalue weighted by Crippen LogP contribution is 2.12. The zero-order valence-electron chi connectivity index (χ0n) is 9.36. The second kappa shape index (κ2) is 4.88. The van der Waals surface area contributed by atoms with Gasteiger partial charge in [-0.25, -0.2) is 4.98 Å². The van der Waals surface area contributed by atoms with E-state index in [4.69, 9.17) is 12.2 Å². The van der Waals surface area contributed by atoms with Crippen LogP contribution in [0.1, 0.15) is 29.9 Å². The van der Waals surface area contributed by atoms with E-state index >= 15 is 0 Å². The Balaban J connectivity index is 2.26. The Hall–Kier alpha value is -1.01. The minimum atomic E-state index is 0.677. The lowest BCUT2D eigenvalue weighted by Gasteiger charge is -2.02. The van der Waals surface area contributed by atoms with Crippen molar-refractivity contribution in [2.75, 3.05) is 0 Å². The van der Waals surface area contributed by atoms with Gasteiger partial charge < -0.3 is 0 Å². The molecule has 0 spiro atoms. The number of rotatable bonds is 4. The number of thiazole rings is 1. The maximum absolute atomic E-state index is 5.21. The van der Waals surface area contributed by atoms with Crippen molar-refractivity contribution in [3.8, 4) is 0 Å². The lowest BCUT2D eigenvalue weighted by Crippen LogP contribution is -2.05. The normalized spacial score (nSPS) is 10.9. The van der Waals surface area contributed by atoms with Gasteiger partial charge >= 0.3 is 0 Å². The van der Waals surface area contributed by atoms with Gasteiger partial charge in [-0.15, -0.1) is 11.3 Å². The molecule has 2 aromatic rings. The van der Waals surface area contributed by atoms with E-state index in [2.05, 4.69) is 27.5 Å². The first kappa shape index (κ1) is 11.5. The molecule has 86 valence electrons. The van der Waals surface area contributed by atoms with E-state index in [1.54, 1.807) is 11.3 Å². The van der Waals surface area contributed by atoms with Gasteiger partial charge in [-0.05, 0) is 25.6 Å². The highest BCUT2D eigenvalue weighted by Gasteiger charge is 2.07. The van der Waals surface area contributed by atoms with E-state index in [1.807, 2.05) is 11.5 Å². The molecule has 0 amide bonds. The van der Waals surface area contributed by atoms with E-state index in [9.17, 15) is 0 Å². The SMILES string of the molecule is CCCc1n[nH]c(=S)n1Cc1nc(C)cs1. The molecule has 0 fully saturated rings. The van der Waals surface area contributed by atoms with Gasteiger partial charge in [0.05, 0.1) is 6.54 Å². The van der Waals surface area contributed by atoms with Crippen LogP contribution in [0.15, 0.2) is 5.38 Å². The zero-order chi connectivity index (χ0) is 11.5. The van der Waals surface area contributed by atoms with Crippen molar-refractivity contribution in [1.82, 2.24) is 19.7 Å². The fourth-order valence-corrected chi connectivity index (χ4v) is 2.51. The van der Waals surface area contributed by atoms with E-state index in [1.165, 1.54) is 0 Å². The van der Waals surface area contributed by atoms with Crippen molar-refractivity contribution in [2.24, 2.45) is 0 Å². The summed E-state index contributed by atoms with van der Waals surface area (Å²) in [5.41, 5.74) is 1.06. The Morgan fingerprint density at radius 1 is 1.56 bits per heavy atom. The Labute approximate surface area is 103 Å². The summed E-state index contributed by atoms with van der Waals surface area (Å²) in [5, 5.41) is 10.2. The molecule has 0 saturated heterocycles. The largest absolute Gasteiger partial charge is 0.297 e. The minimum Gasteiger partial charge on any atom is -0.297 e. The molecular formula is C10H14N4S2. The molecule has 0 atom stereocenters. The summed E-state index contributed by atoms with van der Waals surface area (Å²) in [6.07, 6.45) is 2.01. The summed E-state index contributed by atoms with van der Waals surface area (Å²) < 4.78 is 2.70. The fraction of sp³-hybridized carbons (Fsp3) is 0.500. The quantitative estimate of drug-likeness (QED) is 0.853. The summed E-state index contributed by atoms with van der Waals surface area (Å²) in [6, 6.07) is 0. The van der Waals surface area contributed by atoms with Crippen molar-refractivity contribution in [1.29, 1.82) is 0 Å². The van der Waals surface area contributed by atoms with E-state index in [0.29, 0.717) is 4.77 Å². The number of aryl methyl sites for hydroxylation is 2. The Morgan fingerprint density at radius 2 is 2.38 bits per heavy atom. The van der Waals surface area contributed by atoms with Crippen molar-refractivity contribution < 1.29 is 0 Å². The fourth-order valence-electron chi connectivity index (χ4n) is 1.54. The number of hydrogen-bond acceptors (Lipinski definition) is 4. The molecule has 16 heavy (non-hydrogen) atoms. The molecule has 0 bridgehead atoms. The summed E-state index contributed by atoms with van der Waals surface area (Å²) in [4.78, 5) is 4.44. The van der Waals surface area contributed by atoms with Gasteiger partial charge in [-0.3, -0.25) is 9.67 Å². The van der Waals surface area contributed by atoms with Crippen LogP contribution in [0.5, 0.6) is 0 Å². The third kappa shape index (κ3) is 2.38. The summed E-state index contributed by atoms with van der Waals surface area (Å²) >= 11 is 6.88. The highest BCUT2D eigenvalue weighted by molar-refractivity contribution is 7.71. The second-order valence-corrected chi connectivity index (χ2v) is 4.99. The van der Waals surface area contributed by atoms with Crippen LogP contribution in [0.3, 0.4) is 0 Å². The molecule has 2 rings (SSSR count). The lowest BCUT2D eigenvalue weighted by atomic mass is 10.3. The first-order valence-corrected chi connectivity index (χ1v) is 6.54. The number of hydrogen-bond donors (Lipinski definition) is 1. The van der Waals surface area contributed by atoms with Crippen molar-refractivity contribution in [2.45, 2.75) is 33.2 Å². The molecule has 0 aliphatic rings. The van der Waals surface area contributed by atoms with Crippen LogP contribution in [0.4, 0.5) is 0 Å². The lowest BCUT2D eigenvalue weighted by molar-refractivity contribution is 0.695. The molecule has 2 heterocycles. The number of nitrogens with one attached hydrogen (secondary N) is 1. The molecule has 0 radical (unpaired) electrons. The van der Waals surface area contributed by atoms with Crippen LogP contribution in [0.2, 0.25) is 0 Å². The molecule has 0 unspecified atom stereocenters. The summed E-state index contributed by atoms with van der Waals surface area (Å²) in [7, 11) is 0. The van der Waals surface area contributed by atoms with Gasteiger partial charge in [0.1, 0.15) is 10.8 Å². The molecule has 0 aliphatic carbocycles. The second-order valence-electron chi connectivity index (χ2n) is 3.66. The smallest absolute Gasteiger partial charge is 0.195 e. The average molecular weight is 254 g/mol. The predicted octanol–water partition coefficient (Wildman–Crippen LogP) is 2.71. The molecule has 1 N–H and O–H groups in total. The third-order valence-corrected chi connectivity index (χ3v) is 3.53. The summed E-state index contributed by atoms with van der Waals surface area (Å²) in [6.45, 7) is 4.86. The highest BCUT2D eigenvalue weighted by atomic mass is 32.1. The van der Waals surface area contributed by atoms with Crippen LogP contribution >= 0.6 is 23.6 Å². The predicted molar refractivity (Wildman–Crippen MR) is 67.4 cm³/mol. The van der Waals surface area contributed by atoms with Gasteiger partial charge in [-0.2, -0.15) is 5.10 Å². The van der Waals surface area contributed by atoms with Gasteiger partial charge in [0.15, 0.2) is 4.77 Å². The van der Waals surface area contributed by atoms with Crippen molar-refractivity contribution in [3.63, 3.8) is 0 Å². The first-order chi connectivity index (χ1) is 7.70. The third-order valence-electron chi connectivity index (χ3n) is 2.27. The molecule has 4 nitrogen and oxygen atoms in total. The molecule has 0 aromatic carbocycles. The summed E-state index contributed by atoms with van der Waals surface area (Å²) in [5.74, 6) is 1.01. The van der Waals surface area contributed by atoms with Gasteiger partial charge in [0.25, 0.3) is 0 Å². The monoisotopic (exact) mass is 254 g/mol. The van der Waals surface area contributed by atoms with Crippen molar-refractivity contribution >= 4 is 23.6 Å². The molecule has 6 heteroatoms.